The number of hydrogen-bond acceptors (Lipinski definition) is 3. The lowest BCUT2D eigenvalue weighted by Crippen LogP contribution is -2.18. The van der Waals surface area contributed by atoms with E-state index in [1.165, 1.54) is 12.1 Å². The summed E-state index contributed by atoms with van der Waals surface area (Å²) in [6.45, 7) is 2.06. The Morgan fingerprint density at radius 2 is 1.86 bits per heavy atom. The number of thioether (sulfide) groups is 1. The van der Waals surface area contributed by atoms with Gasteiger partial charge in [0.1, 0.15) is 23.2 Å². The predicted octanol–water partition coefficient (Wildman–Crippen LogP) is 4.86. The SMILES string of the molecule is CC(NCc1ccc(CSC(F)F)o1)c1ccc(F)cc1F. The van der Waals surface area contributed by atoms with Crippen molar-refractivity contribution in [2.45, 2.75) is 31.0 Å². The van der Waals surface area contributed by atoms with E-state index in [2.05, 4.69) is 5.32 Å². The number of halogens is 4. The van der Waals surface area contributed by atoms with Crippen molar-refractivity contribution in [2.24, 2.45) is 0 Å². The summed E-state index contributed by atoms with van der Waals surface area (Å²) in [5, 5.41) is 3.04. The Morgan fingerprint density at radius 1 is 1.14 bits per heavy atom. The predicted molar refractivity (Wildman–Crippen MR) is 77.6 cm³/mol. The second kappa shape index (κ2) is 7.69. The van der Waals surface area contributed by atoms with Crippen molar-refractivity contribution < 1.29 is 22.0 Å². The summed E-state index contributed by atoms with van der Waals surface area (Å²) in [6.07, 6.45) is 0. The van der Waals surface area contributed by atoms with E-state index in [1.54, 1.807) is 19.1 Å². The maximum Gasteiger partial charge on any atom is 0.284 e. The first-order chi connectivity index (χ1) is 10.5. The van der Waals surface area contributed by atoms with Crippen LogP contribution < -0.4 is 5.32 Å². The van der Waals surface area contributed by atoms with Crippen molar-refractivity contribution in [3.05, 3.63) is 59.1 Å². The molecule has 1 aromatic carbocycles. The Balaban J connectivity index is 1.89. The molecule has 0 radical (unpaired) electrons. The van der Waals surface area contributed by atoms with Crippen LogP contribution >= 0.6 is 11.8 Å². The first-order valence-electron chi connectivity index (χ1n) is 6.61. The number of rotatable bonds is 7. The van der Waals surface area contributed by atoms with Crippen LogP contribution in [0.1, 0.15) is 30.0 Å². The normalized spacial score (nSPS) is 12.8. The van der Waals surface area contributed by atoms with Crippen LogP contribution in [0.2, 0.25) is 0 Å². The molecule has 0 aliphatic rings. The summed E-state index contributed by atoms with van der Waals surface area (Å²) >= 11 is 0.490. The molecule has 22 heavy (non-hydrogen) atoms. The lowest BCUT2D eigenvalue weighted by atomic mass is 10.1. The third-order valence-electron chi connectivity index (χ3n) is 3.08. The van der Waals surface area contributed by atoms with Gasteiger partial charge in [0.2, 0.25) is 0 Å². The lowest BCUT2D eigenvalue weighted by Gasteiger charge is -2.14. The van der Waals surface area contributed by atoms with E-state index in [0.717, 1.165) is 6.07 Å². The topological polar surface area (TPSA) is 25.2 Å². The molecule has 2 aromatic rings. The maximum absolute atomic E-state index is 13.6. The van der Waals surface area contributed by atoms with Crippen LogP contribution in [0.25, 0.3) is 0 Å². The van der Waals surface area contributed by atoms with Gasteiger partial charge in [-0.25, -0.2) is 8.78 Å². The highest BCUT2D eigenvalue weighted by atomic mass is 32.2. The first-order valence-corrected chi connectivity index (χ1v) is 7.66. The molecule has 0 amide bonds. The molecular formula is C15H15F4NOS. The van der Waals surface area contributed by atoms with Crippen LogP contribution in [-0.4, -0.2) is 5.76 Å². The highest BCUT2D eigenvalue weighted by Crippen LogP contribution is 2.22. The van der Waals surface area contributed by atoms with Crippen molar-refractivity contribution >= 4 is 11.8 Å². The van der Waals surface area contributed by atoms with Crippen molar-refractivity contribution in [1.82, 2.24) is 5.32 Å². The largest absolute Gasteiger partial charge is 0.464 e. The smallest absolute Gasteiger partial charge is 0.284 e. The molecule has 0 spiro atoms. The van der Waals surface area contributed by atoms with Crippen molar-refractivity contribution in [3.8, 4) is 0 Å². The molecule has 1 aromatic heterocycles. The molecule has 1 atom stereocenters. The fraction of sp³-hybridized carbons (Fsp3) is 0.333. The Labute approximate surface area is 129 Å². The van der Waals surface area contributed by atoms with Gasteiger partial charge >= 0.3 is 0 Å². The fourth-order valence-corrected chi connectivity index (χ4v) is 2.40. The van der Waals surface area contributed by atoms with Gasteiger partial charge in [0.25, 0.3) is 5.76 Å². The van der Waals surface area contributed by atoms with E-state index in [-0.39, 0.29) is 11.8 Å². The van der Waals surface area contributed by atoms with E-state index in [0.29, 0.717) is 35.4 Å². The molecule has 1 unspecified atom stereocenters. The van der Waals surface area contributed by atoms with E-state index in [1.807, 2.05) is 0 Å². The van der Waals surface area contributed by atoms with E-state index >= 15 is 0 Å². The number of alkyl halides is 2. The van der Waals surface area contributed by atoms with Gasteiger partial charge in [-0.1, -0.05) is 17.8 Å². The van der Waals surface area contributed by atoms with Crippen molar-refractivity contribution in [2.75, 3.05) is 0 Å². The van der Waals surface area contributed by atoms with Crippen LogP contribution in [0.4, 0.5) is 17.6 Å². The number of hydrogen-bond donors (Lipinski definition) is 1. The van der Waals surface area contributed by atoms with Gasteiger partial charge in [-0.2, -0.15) is 8.78 Å². The van der Waals surface area contributed by atoms with E-state index in [9.17, 15) is 17.6 Å². The first kappa shape index (κ1) is 16.9. The molecule has 0 aliphatic heterocycles. The van der Waals surface area contributed by atoms with Crippen LogP contribution in [0, 0.1) is 11.6 Å². The Kier molecular flexibility index (Phi) is 5.90. The molecule has 120 valence electrons. The second-order valence-electron chi connectivity index (χ2n) is 4.71. The zero-order valence-corrected chi connectivity index (χ0v) is 12.6. The van der Waals surface area contributed by atoms with Crippen LogP contribution in [0.5, 0.6) is 0 Å². The lowest BCUT2D eigenvalue weighted by molar-refractivity contribution is 0.251. The van der Waals surface area contributed by atoms with E-state index < -0.39 is 17.4 Å². The van der Waals surface area contributed by atoms with Gasteiger partial charge in [-0.05, 0) is 25.1 Å². The maximum atomic E-state index is 13.6. The van der Waals surface area contributed by atoms with Gasteiger partial charge in [0.15, 0.2) is 0 Å². The third-order valence-corrected chi connectivity index (χ3v) is 3.78. The van der Waals surface area contributed by atoms with Crippen molar-refractivity contribution in [3.63, 3.8) is 0 Å². The van der Waals surface area contributed by atoms with E-state index in [4.69, 9.17) is 4.42 Å². The minimum Gasteiger partial charge on any atom is -0.464 e. The van der Waals surface area contributed by atoms with Crippen LogP contribution in [0.3, 0.4) is 0 Å². The molecule has 0 fully saturated rings. The second-order valence-corrected chi connectivity index (χ2v) is 5.69. The molecule has 0 saturated carbocycles. The highest BCUT2D eigenvalue weighted by Gasteiger charge is 2.12. The molecule has 0 saturated heterocycles. The Hall–Kier alpha value is -1.47. The van der Waals surface area contributed by atoms with Gasteiger partial charge in [-0.15, -0.1) is 0 Å². The summed E-state index contributed by atoms with van der Waals surface area (Å²) in [7, 11) is 0. The standard InChI is InChI=1S/C15H15F4NOS/c1-9(13-5-2-10(16)6-14(13)17)20-7-11-3-4-12(21-11)8-22-15(18)19/h2-6,9,15,20H,7-8H2,1H3. The molecule has 2 nitrogen and oxygen atoms in total. The Bertz CT molecular complexity index is 617. The highest BCUT2D eigenvalue weighted by molar-refractivity contribution is 7.98. The summed E-state index contributed by atoms with van der Waals surface area (Å²) in [5.41, 5.74) is 0.349. The average molecular weight is 333 g/mol. The quantitative estimate of drug-likeness (QED) is 0.732. The van der Waals surface area contributed by atoms with Crippen LogP contribution in [-0.2, 0) is 12.3 Å². The monoisotopic (exact) mass is 333 g/mol. The molecule has 7 heteroatoms. The Morgan fingerprint density at radius 3 is 2.55 bits per heavy atom. The molecular weight excluding hydrogens is 318 g/mol. The zero-order chi connectivity index (χ0) is 16.1. The molecule has 0 aliphatic carbocycles. The molecule has 0 bridgehead atoms. The van der Waals surface area contributed by atoms with Gasteiger partial charge < -0.3 is 9.73 Å². The number of furan rings is 1. The summed E-state index contributed by atoms with van der Waals surface area (Å²) in [6, 6.07) is 6.39. The van der Waals surface area contributed by atoms with Gasteiger partial charge in [0.05, 0.1) is 12.3 Å². The fourth-order valence-electron chi connectivity index (χ4n) is 1.96. The summed E-state index contributed by atoms with van der Waals surface area (Å²) in [5.74, 6) is -2.55. The molecule has 1 N–H and O–H groups in total. The van der Waals surface area contributed by atoms with Gasteiger partial charge in [-0.3, -0.25) is 0 Å². The third kappa shape index (κ3) is 4.78. The van der Waals surface area contributed by atoms with Gasteiger partial charge in [0, 0.05) is 17.7 Å². The average Bonchev–Trinajstić information content (AvgIpc) is 2.90. The van der Waals surface area contributed by atoms with Crippen molar-refractivity contribution in [1.29, 1.82) is 0 Å². The molecule has 1 heterocycles. The van der Waals surface area contributed by atoms with Crippen LogP contribution in [0.15, 0.2) is 34.7 Å². The number of benzene rings is 1. The summed E-state index contributed by atoms with van der Waals surface area (Å²) < 4.78 is 56.1. The zero-order valence-electron chi connectivity index (χ0n) is 11.8. The summed E-state index contributed by atoms with van der Waals surface area (Å²) in [4.78, 5) is 0. The number of nitrogens with one attached hydrogen (secondary N) is 1. The molecule has 2 rings (SSSR count). The minimum absolute atomic E-state index is 0.0970. The minimum atomic E-state index is -2.44.